The maximum atomic E-state index is 8.37. The number of furan rings is 1. The van der Waals surface area contributed by atoms with Crippen molar-refractivity contribution in [2.24, 2.45) is 0 Å². The van der Waals surface area contributed by atoms with Gasteiger partial charge < -0.3 is 14.0 Å². The van der Waals surface area contributed by atoms with E-state index in [4.69, 9.17) is 10.8 Å². The minimum Gasteiger partial charge on any atom is -0.501 e. The second kappa shape index (κ2) is 12.7. The first kappa shape index (κ1) is 27.8. The summed E-state index contributed by atoms with van der Waals surface area (Å²) in [7, 11) is 0. The van der Waals surface area contributed by atoms with Gasteiger partial charge in [-0.15, -0.1) is 59.2 Å². The molecular weight excluding hydrogens is 723 g/mol. The third-order valence-corrected chi connectivity index (χ3v) is 7.24. The molecule has 0 N–H and O–H groups in total. The van der Waals surface area contributed by atoms with E-state index in [1.807, 2.05) is 123 Å². The van der Waals surface area contributed by atoms with E-state index in [1.165, 1.54) is 0 Å². The molecule has 4 aromatic carbocycles. The number of benzene rings is 4. The molecule has 0 unspecified atom stereocenters. The average Bonchev–Trinajstić information content (AvgIpc) is 3.64. The van der Waals surface area contributed by atoms with Crippen molar-refractivity contribution in [1.82, 2.24) is 24.7 Å². The van der Waals surface area contributed by atoms with Crippen LogP contribution >= 0.6 is 0 Å². The molecule has 8 aromatic rings. The van der Waals surface area contributed by atoms with Crippen molar-refractivity contribution in [2.45, 2.75) is 19.7 Å². The Bertz CT molecular complexity index is 2170. The van der Waals surface area contributed by atoms with Gasteiger partial charge in [-0.1, -0.05) is 67.3 Å². The first-order chi connectivity index (χ1) is 21.5. The van der Waals surface area contributed by atoms with Gasteiger partial charge in [-0.25, -0.2) is 0 Å². The van der Waals surface area contributed by atoms with Gasteiger partial charge in [0.25, 0.3) is 0 Å². The molecule has 4 heterocycles. The first-order valence-electron chi connectivity index (χ1n) is 14.5. The summed E-state index contributed by atoms with van der Waals surface area (Å²) in [6.07, 6.45) is 3.46. The minimum atomic E-state index is -0.706. The predicted molar refractivity (Wildman–Crippen MR) is 171 cm³/mol. The van der Waals surface area contributed by atoms with Crippen LogP contribution in [0.25, 0.3) is 61.4 Å². The standard InChI is InChI=1S/C26H19N4O.C11H8N.Ir/c1-16(2)17-11-12-19-20-9-6-10-21(24(20)31-23(19)15-17)26-28-25-22(13-14-27-29-25)30(26)18-7-4-3-5-8-18;1-2-6-10(7-3-1)11-8-4-5-9-12-11;/h3-9,11-16H,1-2H3;1-6,8-9H;/q2*-1;/i16D;;. The third kappa shape index (κ3) is 5.55. The van der Waals surface area contributed by atoms with Crippen molar-refractivity contribution < 1.29 is 25.9 Å². The average molecular weight is 751 g/mol. The van der Waals surface area contributed by atoms with Crippen molar-refractivity contribution in [3.63, 3.8) is 0 Å². The molecule has 0 saturated heterocycles. The normalized spacial score (nSPS) is 11.5. The fraction of sp³-hybridized carbons (Fsp3) is 0.0811. The van der Waals surface area contributed by atoms with Gasteiger partial charge >= 0.3 is 0 Å². The fourth-order valence-electron chi connectivity index (χ4n) is 5.14. The number of imidazole rings is 1. The van der Waals surface area contributed by atoms with Crippen LogP contribution in [0.1, 0.15) is 26.7 Å². The molecule has 0 amide bonds. The van der Waals surface area contributed by atoms with Crippen LogP contribution in [0, 0.1) is 12.1 Å². The van der Waals surface area contributed by atoms with Crippen LogP contribution in [0.5, 0.6) is 0 Å². The first-order valence-corrected chi connectivity index (χ1v) is 14.0. The topological polar surface area (TPSA) is 69.6 Å². The van der Waals surface area contributed by atoms with E-state index in [0.717, 1.165) is 49.9 Å². The summed E-state index contributed by atoms with van der Waals surface area (Å²) in [5, 5.41) is 10.2. The minimum absolute atomic E-state index is 0. The second-order valence-electron chi connectivity index (χ2n) is 10.2. The molecule has 0 aliphatic rings. The SMILES string of the molecule is [2H]C(C)(C)c1ccc2c(c1)oc1c(-c3nc4nnccc4n3-c3ccccc3)[c-]ccc12.[Ir].[c-]1ccccc1-c1ccccn1. The maximum Gasteiger partial charge on any atom is 0.190 e. The van der Waals surface area contributed by atoms with Gasteiger partial charge in [0.1, 0.15) is 5.58 Å². The Morgan fingerprint density at radius 1 is 0.818 bits per heavy atom. The molecule has 44 heavy (non-hydrogen) atoms. The number of hydrogen-bond acceptors (Lipinski definition) is 5. The number of aromatic nitrogens is 5. The van der Waals surface area contributed by atoms with Crippen LogP contribution in [-0.2, 0) is 20.1 Å². The van der Waals surface area contributed by atoms with Crippen molar-refractivity contribution >= 4 is 33.1 Å². The molecule has 0 aliphatic heterocycles. The van der Waals surface area contributed by atoms with Gasteiger partial charge in [0, 0.05) is 38.7 Å². The summed E-state index contributed by atoms with van der Waals surface area (Å²) in [6.45, 7) is 3.75. The summed E-state index contributed by atoms with van der Waals surface area (Å²) < 4.78 is 16.8. The van der Waals surface area contributed by atoms with E-state index in [9.17, 15) is 0 Å². The molecule has 8 rings (SSSR count). The number of fused-ring (bicyclic) bond motifs is 4. The molecule has 217 valence electrons. The Kier molecular flexibility index (Phi) is 8.05. The van der Waals surface area contributed by atoms with Gasteiger partial charge in [0.05, 0.1) is 23.1 Å². The maximum absolute atomic E-state index is 8.37. The quantitative estimate of drug-likeness (QED) is 0.168. The monoisotopic (exact) mass is 751 g/mol. The number of rotatable bonds is 4. The smallest absolute Gasteiger partial charge is 0.190 e. The van der Waals surface area contributed by atoms with Crippen LogP contribution in [0.2, 0.25) is 0 Å². The molecule has 0 aliphatic carbocycles. The van der Waals surface area contributed by atoms with Gasteiger partial charge in [-0.3, -0.25) is 4.98 Å². The molecule has 0 saturated carbocycles. The van der Waals surface area contributed by atoms with Crippen LogP contribution in [-0.4, -0.2) is 24.7 Å². The zero-order valence-corrected chi connectivity index (χ0v) is 26.4. The Balaban J connectivity index is 0.000000231. The van der Waals surface area contributed by atoms with Crippen molar-refractivity contribution in [1.29, 1.82) is 0 Å². The zero-order valence-electron chi connectivity index (χ0n) is 25.0. The van der Waals surface area contributed by atoms with Crippen molar-refractivity contribution in [2.75, 3.05) is 0 Å². The number of nitrogens with zero attached hydrogens (tertiary/aromatic N) is 5. The molecule has 0 atom stereocenters. The Morgan fingerprint density at radius 2 is 1.66 bits per heavy atom. The Morgan fingerprint density at radius 3 is 2.43 bits per heavy atom. The number of hydrogen-bond donors (Lipinski definition) is 0. The molecule has 0 spiro atoms. The Hall–Kier alpha value is -4.97. The molecule has 7 heteroatoms. The molecule has 4 aromatic heterocycles. The molecule has 0 bridgehead atoms. The summed E-state index contributed by atoms with van der Waals surface area (Å²) in [5.41, 5.74) is 7.53. The third-order valence-electron chi connectivity index (χ3n) is 7.24. The fourth-order valence-corrected chi connectivity index (χ4v) is 5.14. The van der Waals surface area contributed by atoms with E-state index in [2.05, 4.69) is 31.9 Å². The predicted octanol–water partition coefficient (Wildman–Crippen LogP) is 8.85. The summed E-state index contributed by atoms with van der Waals surface area (Å²) in [4.78, 5) is 9.02. The molecule has 1 radical (unpaired) electrons. The Labute approximate surface area is 270 Å². The van der Waals surface area contributed by atoms with Gasteiger partial charge in [-0.05, 0) is 47.5 Å². The zero-order chi connectivity index (χ0) is 30.1. The second-order valence-corrected chi connectivity index (χ2v) is 10.2. The summed E-state index contributed by atoms with van der Waals surface area (Å²) in [6, 6.07) is 42.0. The molecular formula is C37H27IrN5O-2. The molecule has 6 nitrogen and oxygen atoms in total. The van der Waals surface area contributed by atoms with Crippen LogP contribution < -0.4 is 0 Å². The van der Waals surface area contributed by atoms with Gasteiger partial charge in [-0.2, -0.15) is 5.10 Å². The largest absolute Gasteiger partial charge is 0.501 e. The van der Waals surface area contributed by atoms with E-state index in [0.29, 0.717) is 17.1 Å². The van der Waals surface area contributed by atoms with Crippen LogP contribution in [0.15, 0.2) is 126 Å². The van der Waals surface area contributed by atoms with Crippen LogP contribution in [0.4, 0.5) is 0 Å². The van der Waals surface area contributed by atoms with E-state index in [-0.39, 0.29) is 20.1 Å². The van der Waals surface area contributed by atoms with Crippen LogP contribution in [0.3, 0.4) is 0 Å². The molecule has 0 fully saturated rings. The van der Waals surface area contributed by atoms with Gasteiger partial charge in [0.2, 0.25) is 0 Å². The van der Waals surface area contributed by atoms with Crippen molar-refractivity contribution in [3.8, 4) is 28.3 Å². The van der Waals surface area contributed by atoms with E-state index >= 15 is 0 Å². The van der Waals surface area contributed by atoms with E-state index < -0.39 is 5.89 Å². The van der Waals surface area contributed by atoms with Gasteiger partial charge in [0.15, 0.2) is 5.65 Å². The number of para-hydroxylation sites is 1. The summed E-state index contributed by atoms with van der Waals surface area (Å²) >= 11 is 0. The van der Waals surface area contributed by atoms with Crippen molar-refractivity contribution in [3.05, 3.63) is 139 Å². The number of pyridine rings is 1. The summed E-state index contributed by atoms with van der Waals surface area (Å²) in [5.74, 6) is -0.0142. The van der Waals surface area contributed by atoms with E-state index in [1.54, 1.807) is 12.4 Å².